The lowest BCUT2D eigenvalue weighted by molar-refractivity contribution is -0.119. The number of rotatable bonds is 6. The molecule has 2 aliphatic carbocycles. The van der Waals surface area contributed by atoms with Crippen molar-refractivity contribution in [2.45, 2.75) is 57.3 Å². The highest BCUT2D eigenvalue weighted by molar-refractivity contribution is 9.10. The molecule has 0 fully saturated rings. The summed E-state index contributed by atoms with van der Waals surface area (Å²) in [6.45, 7) is 2.18. The third-order valence-corrected chi connectivity index (χ3v) is 5.84. The number of aliphatic hydroxyl groups excluding tert-OH is 2. The molecule has 0 spiro atoms. The van der Waals surface area contributed by atoms with E-state index in [1.54, 1.807) is 6.08 Å². The molecule has 5 N–H and O–H groups in total. The van der Waals surface area contributed by atoms with Crippen LogP contribution in [-0.4, -0.2) is 46.9 Å². The van der Waals surface area contributed by atoms with Crippen LogP contribution >= 0.6 is 15.9 Å². The first kappa shape index (κ1) is 20.8. The van der Waals surface area contributed by atoms with Crippen LogP contribution < -0.4 is 15.8 Å². The number of halogens is 1. The molecule has 0 bridgehead atoms. The number of nitrogens with two attached hydrogens (primary N) is 1. The molecule has 0 heterocycles. The van der Waals surface area contributed by atoms with Crippen molar-refractivity contribution in [2.75, 3.05) is 6.54 Å². The average molecular weight is 453 g/mol. The van der Waals surface area contributed by atoms with E-state index in [0.29, 0.717) is 11.3 Å². The molecule has 1 aromatic carbocycles. The second kappa shape index (κ2) is 8.63. The number of benzene rings is 1. The van der Waals surface area contributed by atoms with Gasteiger partial charge in [-0.05, 0) is 70.9 Å². The van der Waals surface area contributed by atoms with Gasteiger partial charge in [-0.25, -0.2) is 0 Å². The Morgan fingerprint density at radius 1 is 1.32 bits per heavy atom. The Hall–Kier alpha value is -1.90. The minimum absolute atomic E-state index is 0.0105. The summed E-state index contributed by atoms with van der Waals surface area (Å²) in [6.07, 6.45) is 1.39. The van der Waals surface area contributed by atoms with Crippen LogP contribution in [0, 0.1) is 6.92 Å². The molecule has 3 atom stereocenters. The fourth-order valence-corrected chi connectivity index (χ4v) is 4.47. The van der Waals surface area contributed by atoms with E-state index < -0.39 is 30.1 Å². The number of ether oxygens (including phenoxy) is 1. The van der Waals surface area contributed by atoms with Crippen LogP contribution in [0.25, 0.3) is 0 Å². The molecular formula is C20H25BrN2O5. The van der Waals surface area contributed by atoms with Gasteiger partial charge in [-0.3, -0.25) is 9.59 Å². The van der Waals surface area contributed by atoms with E-state index in [1.165, 1.54) is 11.1 Å². The molecule has 28 heavy (non-hydrogen) atoms. The van der Waals surface area contributed by atoms with E-state index in [9.17, 15) is 19.8 Å². The summed E-state index contributed by atoms with van der Waals surface area (Å²) in [4.78, 5) is 23.2. The van der Waals surface area contributed by atoms with Gasteiger partial charge in [0.2, 0.25) is 11.8 Å². The summed E-state index contributed by atoms with van der Waals surface area (Å²) in [6, 6.07) is 1.99. The molecule has 7 nitrogen and oxygen atoms in total. The van der Waals surface area contributed by atoms with Crippen LogP contribution in [0.3, 0.4) is 0 Å². The van der Waals surface area contributed by atoms with Gasteiger partial charge in [-0.15, -0.1) is 0 Å². The molecule has 0 saturated heterocycles. The lowest BCUT2D eigenvalue weighted by Gasteiger charge is -2.31. The fraction of sp³-hybridized carbons (Fsp3) is 0.500. The van der Waals surface area contributed by atoms with Crippen LogP contribution in [0.1, 0.15) is 36.0 Å². The third kappa shape index (κ3) is 4.39. The van der Waals surface area contributed by atoms with Gasteiger partial charge in [0.05, 0.1) is 10.6 Å². The van der Waals surface area contributed by atoms with Crippen molar-refractivity contribution in [3.05, 3.63) is 38.9 Å². The summed E-state index contributed by atoms with van der Waals surface area (Å²) >= 11 is 3.54. The largest absolute Gasteiger partial charge is 0.482 e. The maximum Gasteiger partial charge on any atom is 0.247 e. The summed E-state index contributed by atoms with van der Waals surface area (Å²) in [7, 11) is 0. The number of nitrogens with one attached hydrogen (secondary N) is 1. The highest BCUT2D eigenvalue weighted by atomic mass is 79.9. The van der Waals surface area contributed by atoms with Gasteiger partial charge >= 0.3 is 0 Å². The number of aliphatic hydroxyl groups is 2. The van der Waals surface area contributed by atoms with Crippen molar-refractivity contribution < 1.29 is 24.5 Å². The van der Waals surface area contributed by atoms with Crippen LogP contribution in [0.5, 0.6) is 5.75 Å². The Morgan fingerprint density at radius 2 is 2.04 bits per heavy atom. The van der Waals surface area contributed by atoms with Crippen molar-refractivity contribution in [1.29, 1.82) is 0 Å². The van der Waals surface area contributed by atoms with E-state index in [4.69, 9.17) is 10.5 Å². The topological polar surface area (TPSA) is 122 Å². The molecule has 2 aliphatic rings. The van der Waals surface area contributed by atoms with E-state index in [0.717, 1.165) is 29.3 Å². The third-order valence-electron chi connectivity index (χ3n) is 5.26. The van der Waals surface area contributed by atoms with Crippen molar-refractivity contribution >= 4 is 27.7 Å². The first-order valence-corrected chi connectivity index (χ1v) is 10.2. The Labute approximate surface area is 172 Å². The SMILES string of the molecule is Cc1cc(Br)c(OC2C=C(C(=O)NCCC(N)=O)CC(O)C2O)c2c1CCC2. The highest BCUT2D eigenvalue weighted by Crippen LogP contribution is 2.40. The average Bonchev–Trinajstić information content (AvgIpc) is 3.11. The van der Waals surface area contributed by atoms with Crippen molar-refractivity contribution in [2.24, 2.45) is 5.73 Å². The first-order chi connectivity index (χ1) is 13.3. The molecule has 0 radical (unpaired) electrons. The van der Waals surface area contributed by atoms with Gasteiger partial charge in [0.25, 0.3) is 0 Å². The van der Waals surface area contributed by atoms with Gasteiger partial charge < -0.3 is 26.0 Å². The van der Waals surface area contributed by atoms with Crippen molar-refractivity contribution in [3.63, 3.8) is 0 Å². The number of carbonyl (C=O) groups is 2. The number of hydrogen-bond acceptors (Lipinski definition) is 5. The summed E-state index contributed by atoms with van der Waals surface area (Å²) < 4.78 is 6.89. The standard InChI is InChI=1S/C20H25BrN2O5/c1-10-7-14(21)19(13-4-2-3-12(10)13)28-16-9-11(8-15(24)18(16)26)20(27)23-6-5-17(22)25/h7,9,15-16,18,24,26H,2-6,8H2,1H3,(H2,22,25)(H,23,27). The summed E-state index contributed by atoms with van der Waals surface area (Å²) in [5.41, 5.74) is 8.95. The normalized spacial score (nSPS) is 23.7. The molecule has 8 heteroatoms. The summed E-state index contributed by atoms with van der Waals surface area (Å²) in [5, 5.41) is 23.2. The van der Waals surface area contributed by atoms with Crippen LogP contribution in [0.2, 0.25) is 0 Å². The van der Waals surface area contributed by atoms with Gasteiger partial charge in [0.1, 0.15) is 18.0 Å². The fourth-order valence-electron chi connectivity index (χ4n) is 3.79. The number of primary amides is 1. The minimum atomic E-state index is -1.15. The van der Waals surface area contributed by atoms with Crippen LogP contribution in [0.15, 0.2) is 22.2 Å². The predicted octanol–water partition coefficient (Wildman–Crippen LogP) is 1.04. The Kier molecular flexibility index (Phi) is 6.42. The number of fused-ring (bicyclic) bond motifs is 1. The molecule has 1 aromatic rings. The highest BCUT2D eigenvalue weighted by Gasteiger charge is 2.35. The quantitative estimate of drug-likeness (QED) is 0.513. The van der Waals surface area contributed by atoms with Gasteiger partial charge in [-0.1, -0.05) is 0 Å². The molecule has 3 rings (SSSR count). The van der Waals surface area contributed by atoms with Crippen molar-refractivity contribution in [1.82, 2.24) is 5.32 Å². The van der Waals surface area contributed by atoms with E-state index in [1.807, 2.05) is 6.07 Å². The molecule has 152 valence electrons. The predicted molar refractivity (Wildman–Crippen MR) is 107 cm³/mol. The smallest absolute Gasteiger partial charge is 0.247 e. The number of amides is 2. The van der Waals surface area contributed by atoms with Gasteiger partial charge in [0.15, 0.2) is 0 Å². The van der Waals surface area contributed by atoms with E-state index >= 15 is 0 Å². The zero-order valence-electron chi connectivity index (χ0n) is 15.7. The van der Waals surface area contributed by atoms with E-state index in [-0.39, 0.29) is 19.4 Å². The minimum Gasteiger partial charge on any atom is -0.482 e. The Morgan fingerprint density at radius 3 is 2.75 bits per heavy atom. The van der Waals surface area contributed by atoms with Crippen LogP contribution in [-0.2, 0) is 22.4 Å². The number of carbonyl (C=O) groups excluding carboxylic acids is 2. The second-order valence-electron chi connectivity index (χ2n) is 7.32. The van der Waals surface area contributed by atoms with Crippen molar-refractivity contribution in [3.8, 4) is 5.75 Å². The van der Waals surface area contributed by atoms with Crippen LogP contribution in [0.4, 0.5) is 0 Å². The zero-order valence-corrected chi connectivity index (χ0v) is 17.3. The van der Waals surface area contributed by atoms with E-state index in [2.05, 4.69) is 28.2 Å². The Bertz CT molecular complexity index is 823. The molecule has 2 amide bonds. The van der Waals surface area contributed by atoms with Gasteiger partial charge in [0, 0.05) is 25.0 Å². The maximum atomic E-state index is 12.3. The second-order valence-corrected chi connectivity index (χ2v) is 8.18. The lowest BCUT2D eigenvalue weighted by Crippen LogP contribution is -2.45. The van der Waals surface area contributed by atoms with Gasteiger partial charge in [-0.2, -0.15) is 0 Å². The molecular weight excluding hydrogens is 428 g/mol. The zero-order chi connectivity index (χ0) is 20.4. The molecule has 3 unspecified atom stereocenters. The number of hydrogen-bond donors (Lipinski definition) is 4. The first-order valence-electron chi connectivity index (χ1n) is 9.38. The molecule has 0 aromatic heterocycles. The monoisotopic (exact) mass is 452 g/mol. The lowest BCUT2D eigenvalue weighted by atomic mass is 9.91. The maximum absolute atomic E-state index is 12.3. The Balaban J connectivity index is 1.82. The molecule has 0 aliphatic heterocycles. The number of aryl methyl sites for hydroxylation is 1. The molecule has 0 saturated carbocycles. The summed E-state index contributed by atoms with van der Waals surface area (Å²) in [5.74, 6) is -0.261.